The van der Waals surface area contributed by atoms with Crippen molar-refractivity contribution >= 4 is 12.0 Å². The molecule has 0 aliphatic heterocycles. The van der Waals surface area contributed by atoms with E-state index in [1.54, 1.807) is 24.5 Å². The van der Waals surface area contributed by atoms with Crippen LogP contribution in [-0.4, -0.2) is 13.0 Å². The van der Waals surface area contributed by atoms with Crippen molar-refractivity contribution in [1.82, 2.24) is 5.32 Å². The lowest BCUT2D eigenvalue weighted by atomic mass is 10.2. The summed E-state index contributed by atoms with van der Waals surface area (Å²) in [6.45, 7) is 1.82. The number of carbonyl (C=O) groups is 1. The Hall–Kier alpha value is -2.56. The first-order valence-corrected chi connectivity index (χ1v) is 6.45. The number of hydrogen-bond donors (Lipinski definition) is 1. The van der Waals surface area contributed by atoms with Gasteiger partial charge >= 0.3 is 0 Å². The summed E-state index contributed by atoms with van der Waals surface area (Å²) in [5.74, 6) is 0.0921. The Morgan fingerprint density at radius 2 is 2.24 bits per heavy atom. The smallest absolute Gasteiger partial charge is 0.244 e. The number of ether oxygens (including phenoxy) is 1. The van der Waals surface area contributed by atoms with E-state index in [1.807, 2.05) is 6.92 Å². The van der Waals surface area contributed by atoms with Crippen LogP contribution < -0.4 is 10.1 Å². The lowest BCUT2D eigenvalue weighted by Gasteiger charge is -2.09. The second-order valence-corrected chi connectivity index (χ2v) is 4.47. The number of hydrogen-bond acceptors (Lipinski definition) is 3. The number of rotatable bonds is 5. The van der Waals surface area contributed by atoms with Crippen LogP contribution in [0.15, 0.2) is 47.1 Å². The zero-order valence-electron chi connectivity index (χ0n) is 11.8. The molecule has 0 saturated carbocycles. The van der Waals surface area contributed by atoms with Crippen LogP contribution in [0.4, 0.5) is 4.39 Å². The molecule has 0 bridgehead atoms. The Balaban J connectivity index is 1.97. The van der Waals surface area contributed by atoms with Crippen molar-refractivity contribution in [3.63, 3.8) is 0 Å². The first-order chi connectivity index (χ1) is 10.1. The van der Waals surface area contributed by atoms with Gasteiger partial charge in [0.05, 0.1) is 19.4 Å². The van der Waals surface area contributed by atoms with Gasteiger partial charge in [0.15, 0.2) is 11.6 Å². The molecule has 1 amide bonds. The first kappa shape index (κ1) is 14.8. The lowest BCUT2D eigenvalue weighted by Crippen LogP contribution is -2.24. The first-order valence-electron chi connectivity index (χ1n) is 6.45. The molecule has 1 N–H and O–H groups in total. The molecule has 0 fully saturated rings. The normalized spacial score (nSPS) is 12.3. The molecule has 1 atom stereocenters. The average molecular weight is 289 g/mol. The van der Waals surface area contributed by atoms with Crippen molar-refractivity contribution in [1.29, 1.82) is 0 Å². The van der Waals surface area contributed by atoms with Crippen LogP contribution in [0, 0.1) is 5.82 Å². The third kappa shape index (κ3) is 3.95. The van der Waals surface area contributed by atoms with Crippen molar-refractivity contribution in [2.45, 2.75) is 13.0 Å². The highest BCUT2D eigenvalue weighted by molar-refractivity contribution is 5.91. The molecule has 0 aliphatic rings. The predicted molar refractivity (Wildman–Crippen MR) is 77.3 cm³/mol. The van der Waals surface area contributed by atoms with E-state index >= 15 is 0 Å². The van der Waals surface area contributed by atoms with Crippen LogP contribution >= 0.6 is 0 Å². The zero-order valence-corrected chi connectivity index (χ0v) is 11.8. The van der Waals surface area contributed by atoms with E-state index in [0.29, 0.717) is 11.3 Å². The summed E-state index contributed by atoms with van der Waals surface area (Å²) in [7, 11) is 1.40. The molecule has 0 saturated heterocycles. The molecule has 0 unspecified atom stereocenters. The fraction of sp³-hybridized carbons (Fsp3) is 0.188. The molecule has 1 aromatic heterocycles. The molecule has 0 aliphatic carbocycles. The predicted octanol–water partition coefficient (Wildman–Crippen LogP) is 3.32. The Morgan fingerprint density at radius 1 is 1.43 bits per heavy atom. The van der Waals surface area contributed by atoms with E-state index in [9.17, 15) is 9.18 Å². The van der Waals surface area contributed by atoms with Crippen molar-refractivity contribution in [3.8, 4) is 5.75 Å². The number of benzene rings is 1. The van der Waals surface area contributed by atoms with Gasteiger partial charge < -0.3 is 14.5 Å². The van der Waals surface area contributed by atoms with Gasteiger partial charge in [-0.3, -0.25) is 4.79 Å². The summed E-state index contributed by atoms with van der Waals surface area (Å²) < 4.78 is 23.5. The molecule has 2 rings (SSSR count). The molecule has 0 radical (unpaired) electrons. The van der Waals surface area contributed by atoms with Gasteiger partial charge in [-0.25, -0.2) is 4.39 Å². The number of methoxy groups -OCH3 is 1. The molecule has 2 aromatic rings. The van der Waals surface area contributed by atoms with Gasteiger partial charge in [-0.05, 0) is 42.8 Å². The Bertz CT molecular complexity index is 635. The third-order valence-electron chi connectivity index (χ3n) is 2.93. The molecule has 5 heteroatoms. The molecule has 21 heavy (non-hydrogen) atoms. The second-order valence-electron chi connectivity index (χ2n) is 4.47. The lowest BCUT2D eigenvalue weighted by molar-refractivity contribution is -0.117. The molecule has 1 aromatic carbocycles. The van der Waals surface area contributed by atoms with E-state index in [-0.39, 0.29) is 17.7 Å². The quantitative estimate of drug-likeness (QED) is 0.859. The van der Waals surface area contributed by atoms with Crippen LogP contribution in [0.2, 0.25) is 0 Å². The maximum atomic E-state index is 13.5. The molecule has 4 nitrogen and oxygen atoms in total. The fourth-order valence-corrected chi connectivity index (χ4v) is 1.83. The molecular weight excluding hydrogens is 273 g/mol. The highest BCUT2D eigenvalue weighted by atomic mass is 19.1. The molecule has 1 heterocycles. The molecule has 0 spiro atoms. The standard InChI is InChI=1S/C16H16FNO3/c1-11(14-4-3-9-21-14)18-16(19)8-6-12-5-7-15(20-2)13(17)10-12/h3-11H,1-2H3,(H,18,19)/b8-6+/t11-/m1/s1. The van der Waals surface area contributed by atoms with E-state index in [4.69, 9.17) is 9.15 Å². The van der Waals surface area contributed by atoms with Gasteiger partial charge in [0.2, 0.25) is 5.91 Å². The summed E-state index contributed by atoms with van der Waals surface area (Å²) in [6.07, 6.45) is 4.43. The summed E-state index contributed by atoms with van der Waals surface area (Å²) in [5.41, 5.74) is 0.578. The minimum absolute atomic E-state index is 0.169. The van der Waals surface area contributed by atoms with Gasteiger partial charge in [0.25, 0.3) is 0 Å². The summed E-state index contributed by atoms with van der Waals surface area (Å²) in [5, 5.41) is 2.75. The third-order valence-corrected chi connectivity index (χ3v) is 2.93. The minimum Gasteiger partial charge on any atom is -0.494 e. The maximum Gasteiger partial charge on any atom is 0.244 e. The Labute approximate surface area is 122 Å². The minimum atomic E-state index is -0.469. The van der Waals surface area contributed by atoms with Gasteiger partial charge in [0, 0.05) is 6.08 Å². The van der Waals surface area contributed by atoms with Crippen LogP contribution in [0.3, 0.4) is 0 Å². The molecule has 110 valence electrons. The Morgan fingerprint density at radius 3 is 2.86 bits per heavy atom. The monoisotopic (exact) mass is 289 g/mol. The van der Waals surface area contributed by atoms with Crippen LogP contribution in [0.1, 0.15) is 24.3 Å². The van der Waals surface area contributed by atoms with Crippen molar-refractivity contribution < 1.29 is 18.3 Å². The van der Waals surface area contributed by atoms with Crippen LogP contribution in [0.25, 0.3) is 6.08 Å². The van der Waals surface area contributed by atoms with E-state index in [2.05, 4.69) is 5.32 Å². The van der Waals surface area contributed by atoms with E-state index in [0.717, 1.165) is 0 Å². The van der Waals surface area contributed by atoms with Crippen molar-refractivity contribution in [2.24, 2.45) is 0 Å². The number of carbonyl (C=O) groups excluding carboxylic acids is 1. The number of amides is 1. The zero-order chi connectivity index (χ0) is 15.2. The fourth-order valence-electron chi connectivity index (χ4n) is 1.83. The van der Waals surface area contributed by atoms with Gasteiger partial charge in [-0.2, -0.15) is 0 Å². The van der Waals surface area contributed by atoms with Gasteiger partial charge in [-0.1, -0.05) is 6.07 Å². The largest absolute Gasteiger partial charge is 0.494 e. The van der Waals surface area contributed by atoms with Crippen molar-refractivity contribution in [3.05, 3.63) is 59.8 Å². The molecular formula is C16H16FNO3. The van der Waals surface area contributed by atoms with E-state index < -0.39 is 5.82 Å². The van der Waals surface area contributed by atoms with Gasteiger partial charge in [0.1, 0.15) is 5.76 Å². The summed E-state index contributed by atoms with van der Waals surface area (Å²) in [6, 6.07) is 7.80. The number of nitrogens with one attached hydrogen (secondary N) is 1. The average Bonchev–Trinajstić information content (AvgIpc) is 2.99. The second kappa shape index (κ2) is 6.74. The SMILES string of the molecule is COc1ccc(/C=C/C(=O)N[C@H](C)c2ccco2)cc1F. The summed E-state index contributed by atoms with van der Waals surface area (Å²) in [4.78, 5) is 11.8. The number of halogens is 1. The summed E-state index contributed by atoms with van der Waals surface area (Å²) >= 11 is 0. The van der Waals surface area contributed by atoms with Crippen LogP contribution in [0.5, 0.6) is 5.75 Å². The van der Waals surface area contributed by atoms with E-state index in [1.165, 1.54) is 31.4 Å². The maximum absolute atomic E-state index is 13.5. The highest BCUT2D eigenvalue weighted by Gasteiger charge is 2.09. The topological polar surface area (TPSA) is 51.5 Å². The van der Waals surface area contributed by atoms with Crippen molar-refractivity contribution in [2.75, 3.05) is 7.11 Å². The number of furan rings is 1. The Kier molecular flexibility index (Phi) is 4.77. The van der Waals surface area contributed by atoms with Gasteiger partial charge in [-0.15, -0.1) is 0 Å². The highest BCUT2D eigenvalue weighted by Crippen LogP contribution is 2.18. The van der Waals surface area contributed by atoms with Crippen LogP contribution in [-0.2, 0) is 4.79 Å².